The van der Waals surface area contributed by atoms with E-state index >= 15 is 0 Å². The molecule has 0 atom stereocenters. The average molecular weight is 306 g/mol. The minimum absolute atomic E-state index is 0.526. The van der Waals surface area contributed by atoms with Gasteiger partial charge in [-0.25, -0.2) is 0 Å². The summed E-state index contributed by atoms with van der Waals surface area (Å²) in [7, 11) is 2.05. The normalized spacial score (nSPS) is 10.4. The maximum Gasteiger partial charge on any atom is 0.0598 e. The zero-order valence-electron chi connectivity index (χ0n) is 10.3. The van der Waals surface area contributed by atoms with Crippen molar-refractivity contribution in [3.8, 4) is 0 Å². The molecule has 1 heterocycles. The van der Waals surface area contributed by atoms with Gasteiger partial charge in [0, 0.05) is 30.8 Å². The minimum Gasteiger partial charge on any atom is -0.369 e. The van der Waals surface area contributed by atoms with Gasteiger partial charge in [0.15, 0.2) is 0 Å². The van der Waals surface area contributed by atoms with Gasteiger partial charge in [0.25, 0.3) is 0 Å². The molecule has 2 rings (SSSR count). The standard InChI is InChI=1S/C14H16BrN3/c1-18(10-12-4-2-3-5-13(12)15)14-9-17-7-6-11(14)8-16/h2-7,9H,8,10,16H2,1H3. The predicted molar refractivity (Wildman–Crippen MR) is 78.4 cm³/mol. The molecule has 1 aromatic heterocycles. The summed E-state index contributed by atoms with van der Waals surface area (Å²) in [6.07, 6.45) is 3.64. The lowest BCUT2D eigenvalue weighted by Gasteiger charge is -2.22. The van der Waals surface area contributed by atoms with Gasteiger partial charge in [-0.1, -0.05) is 34.1 Å². The second kappa shape index (κ2) is 5.98. The van der Waals surface area contributed by atoms with Crippen LogP contribution >= 0.6 is 15.9 Å². The highest BCUT2D eigenvalue weighted by molar-refractivity contribution is 9.10. The monoisotopic (exact) mass is 305 g/mol. The van der Waals surface area contributed by atoms with Gasteiger partial charge in [0.1, 0.15) is 0 Å². The molecule has 94 valence electrons. The van der Waals surface area contributed by atoms with Gasteiger partial charge in [-0.2, -0.15) is 0 Å². The Morgan fingerprint density at radius 2 is 2.00 bits per heavy atom. The quantitative estimate of drug-likeness (QED) is 0.944. The van der Waals surface area contributed by atoms with E-state index in [0.717, 1.165) is 22.3 Å². The Hall–Kier alpha value is -1.39. The van der Waals surface area contributed by atoms with Crippen molar-refractivity contribution < 1.29 is 0 Å². The van der Waals surface area contributed by atoms with Gasteiger partial charge in [-0.05, 0) is 23.3 Å². The molecule has 2 N–H and O–H groups in total. The highest BCUT2D eigenvalue weighted by Gasteiger charge is 2.08. The number of anilines is 1. The van der Waals surface area contributed by atoms with Crippen molar-refractivity contribution in [2.75, 3.05) is 11.9 Å². The number of hydrogen-bond acceptors (Lipinski definition) is 3. The van der Waals surface area contributed by atoms with Gasteiger partial charge >= 0.3 is 0 Å². The maximum atomic E-state index is 5.75. The van der Waals surface area contributed by atoms with Gasteiger partial charge < -0.3 is 10.6 Å². The molecule has 0 unspecified atom stereocenters. The smallest absolute Gasteiger partial charge is 0.0598 e. The highest BCUT2D eigenvalue weighted by Crippen LogP contribution is 2.22. The predicted octanol–water partition coefficient (Wildman–Crippen LogP) is 2.94. The Kier molecular flexibility index (Phi) is 4.33. The molecular formula is C14H16BrN3. The van der Waals surface area contributed by atoms with E-state index in [-0.39, 0.29) is 0 Å². The lowest BCUT2D eigenvalue weighted by atomic mass is 10.1. The molecule has 0 saturated carbocycles. The van der Waals surface area contributed by atoms with Gasteiger partial charge in [-0.15, -0.1) is 0 Å². The van der Waals surface area contributed by atoms with Crippen LogP contribution in [0, 0.1) is 0 Å². The zero-order chi connectivity index (χ0) is 13.0. The summed E-state index contributed by atoms with van der Waals surface area (Å²) >= 11 is 3.57. The molecule has 18 heavy (non-hydrogen) atoms. The van der Waals surface area contributed by atoms with Crippen molar-refractivity contribution in [3.63, 3.8) is 0 Å². The summed E-state index contributed by atoms with van der Waals surface area (Å²) < 4.78 is 1.12. The fraction of sp³-hybridized carbons (Fsp3) is 0.214. The number of hydrogen-bond donors (Lipinski definition) is 1. The molecule has 2 aromatic rings. The summed E-state index contributed by atoms with van der Waals surface area (Å²) in [6, 6.07) is 10.2. The van der Waals surface area contributed by atoms with E-state index in [1.807, 2.05) is 24.4 Å². The third kappa shape index (κ3) is 2.89. The van der Waals surface area contributed by atoms with E-state index in [0.29, 0.717) is 6.54 Å². The first-order valence-corrected chi connectivity index (χ1v) is 6.59. The van der Waals surface area contributed by atoms with Crippen LogP contribution in [0.15, 0.2) is 47.2 Å². The molecule has 0 aliphatic carbocycles. The van der Waals surface area contributed by atoms with Crippen LogP contribution in [0.3, 0.4) is 0 Å². The summed E-state index contributed by atoms with van der Waals surface area (Å²) in [5, 5.41) is 0. The van der Waals surface area contributed by atoms with Crippen LogP contribution in [-0.2, 0) is 13.1 Å². The Morgan fingerprint density at radius 1 is 1.22 bits per heavy atom. The molecule has 3 nitrogen and oxygen atoms in total. The average Bonchev–Trinajstić information content (AvgIpc) is 2.41. The number of nitrogens with two attached hydrogens (primary N) is 1. The largest absolute Gasteiger partial charge is 0.369 e. The van der Waals surface area contributed by atoms with Crippen LogP contribution in [0.2, 0.25) is 0 Å². The lowest BCUT2D eigenvalue weighted by Crippen LogP contribution is -2.19. The van der Waals surface area contributed by atoms with Crippen LogP contribution in [0.1, 0.15) is 11.1 Å². The second-order valence-corrected chi connectivity index (χ2v) is 5.01. The summed E-state index contributed by atoms with van der Waals surface area (Å²) in [5.74, 6) is 0. The van der Waals surface area contributed by atoms with Gasteiger partial charge in [0.2, 0.25) is 0 Å². The molecule has 0 aliphatic heterocycles. The van der Waals surface area contributed by atoms with E-state index < -0.39 is 0 Å². The van der Waals surface area contributed by atoms with Crippen LogP contribution in [0.4, 0.5) is 5.69 Å². The Morgan fingerprint density at radius 3 is 2.72 bits per heavy atom. The molecule has 0 bridgehead atoms. The van der Waals surface area contributed by atoms with Gasteiger partial charge in [-0.3, -0.25) is 4.98 Å². The maximum absolute atomic E-state index is 5.75. The van der Waals surface area contributed by atoms with Crippen molar-refractivity contribution in [2.24, 2.45) is 5.73 Å². The second-order valence-electron chi connectivity index (χ2n) is 4.16. The van der Waals surface area contributed by atoms with E-state index in [9.17, 15) is 0 Å². The summed E-state index contributed by atoms with van der Waals surface area (Å²) in [4.78, 5) is 6.33. The van der Waals surface area contributed by atoms with E-state index in [4.69, 9.17) is 5.73 Å². The third-order valence-electron chi connectivity index (χ3n) is 2.88. The molecule has 4 heteroatoms. The van der Waals surface area contributed by atoms with Crippen LogP contribution in [-0.4, -0.2) is 12.0 Å². The summed E-state index contributed by atoms with van der Waals surface area (Å²) in [5.41, 5.74) is 9.18. The summed E-state index contributed by atoms with van der Waals surface area (Å²) in [6.45, 7) is 1.35. The Labute approximate surface area is 116 Å². The zero-order valence-corrected chi connectivity index (χ0v) is 11.9. The molecule has 0 spiro atoms. The van der Waals surface area contributed by atoms with Crippen LogP contribution < -0.4 is 10.6 Å². The molecule has 0 saturated heterocycles. The third-order valence-corrected chi connectivity index (χ3v) is 3.66. The van der Waals surface area contributed by atoms with Crippen molar-refractivity contribution in [2.45, 2.75) is 13.1 Å². The van der Waals surface area contributed by atoms with Crippen molar-refractivity contribution in [3.05, 3.63) is 58.3 Å². The minimum atomic E-state index is 0.526. The SMILES string of the molecule is CN(Cc1ccccc1Br)c1cnccc1CN. The fourth-order valence-corrected chi connectivity index (χ4v) is 2.31. The lowest BCUT2D eigenvalue weighted by molar-refractivity contribution is 0.893. The van der Waals surface area contributed by atoms with Crippen molar-refractivity contribution in [1.29, 1.82) is 0 Å². The van der Waals surface area contributed by atoms with Crippen LogP contribution in [0.5, 0.6) is 0 Å². The molecule has 0 radical (unpaired) electrons. The molecule has 1 aromatic carbocycles. The van der Waals surface area contributed by atoms with Gasteiger partial charge in [0.05, 0.1) is 11.9 Å². The molecule has 0 aliphatic rings. The van der Waals surface area contributed by atoms with Crippen molar-refractivity contribution in [1.82, 2.24) is 4.98 Å². The van der Waals surface area contributed by atoms with E-state index in [1.54, 1.807) is 6.20 Å². The topological polar surface area (TPSA) is 42.2 Å². The van der Waals surface area contributed by atoms with Crippen molar-refractivity contribution >= 4 is 21.6 Å². The first-order valence-electron chi connectivity index (χ1n) is 5.80. The number of nitrogens with zero attached hydrogens (tertiary/aromatic N) is 2. The highest BCUT2D eigenvalue weighted by atomic mass is 79.9. The molecule has 0 amide bonds. The molecular weight excluding hydrogens is 290 g/mol. The number of benzene rings is 1. The van der Waals surface area contributed by atoms with E-state index in [1.165, 1.54) is 5.56 Å². The molecule has 0 fully saturated rings. The Bertz CT molecular complexity index is 528. The van der Waals surface area contributed by atoms with E-state index in [2.05, 4.69) is 45.0 Å². The number of aromatic nitrogens is 1. The number of halogens is 1. The Balaban J connectivity index is 2.22. The first-order chi connectivity index (χ1) is 8.72. The fourth-order valence-electron chi connectivity index (χ4n) is 1.90. The van der Waals surface area contributed by atoms with Crippen LogP contribution in [0.25, 0.3) is 0 Å². The number of rotatable bonds is 4. The number of pyridine rings is 1. The first kappa shape index (κ1) is 13.1.